The van der Waals surface area contributed by atoms with Crippen LogP contribution in [0, 0.1) is 0 Å². The number of nitrogens with one attached hydrogen (secondary N) is 1. The molecule has 0 bridgehead atoms. The lowest BCUT2D eigenvalue weighted by Crippen LogP contribution is -2.37. The molecule has 1 amide bonds. The van der Waals surface area contributed by atoms with Crippen molar-refractivity contribution in [1.82, 2.24) is 4.90 Å². The second-order valence-corrected chi connectivity index (χ2v) is 6.72. The van der Waals surface area contributed by atoms with Crippen molar-refractivity contribution in [2.24, 2.45) is 0 Å². The van der Waals surface area contributed by atoms with E-state index in [2.05, 4.69) is 23.5 Å². The van der Waals surface area contributed by atoms with E-state index >= 15 is 0 Å². The average molecular weight is 306 g/mol. The number of thioether (sulfide) groups is 1. The number of benzene rings is 1. The van der Waals surface area contributed by atoms with Crippen molar-refractivity contribution in [1.29, 1.82) is 0 Å². The Bertz CT molecular complexity index is 439. The van der Waals surface area contributed by atoms with Crippen LogP contribution in [-0.2, 0) is 4.79 Å². The number of amides is 1. The minimum absolute atomic E-state index is 0.0821. The van der Waals surface area contributed by atoms with Crippen molar-refractivity contribution >= 4 is 23.4 Å². The number of hydrogen-bond donors (Lipinski definition) is 1. The molecule has 1 N–H and O–H groups in total. The van der Waals surface area contributed by atoms with Crippen molar-refractivity contribution in [2.75, 3.05) is 25.2 Å². The van der Waals surface area contributed by atoms with Crippen LogP contribution in [0.25, 0.3) is 0 Å². The van der Waals surface area contributed by atoms with Crippen LogP contribution in [0.15, 0.2) is 29.2 Å². The van der Waals surface area contributed by atoms with Crippen LogP contribution < -0.4 is 5.32 Å². The molecule has 1 fully saturated rings. The Labute approximate surface area is 132 Å². The third-order valence-electron chi connectivity index (χ3n) is 4.21. The van der Waals surface area contributed by atoms with Crippen molar-refractivity contribution in [3.8, 4) is 0 Å². The molecule has 0 heterocycles. The first-order valence-corrected chi connectivity index (χ1v) is 9.05. The third kappa shape index (κ3) is 5.36. The summed E-state index contributed by atoms with van der Waals surface area (Å²) in [7, 11) is 2.08. The van der Waals surface area contributed by atoms with Gasteiger partial charge in [-0.2, -0.15) is 0 Å². The highest BCUT2D eigenvalue weighted by Crippen LogP contribution is 2.21. The molecule has 4 heteroatoms. The van der Waals surface area contributed by atoms with Gasteiger partial charge in [-0.3, -0.25) is 9.69 Å². The number of rotatable bonds is 5. The quantitative estimate of drug-likeness (QED) is 0.659. The van der Waals surface area contributed by atoms with E-state index in [0.717, 1.165) is 5.69 Å². The second-order valence-electron chi connectivity index (χ2n) is 5.84. The maximum atomic E-state index is 12.1. The lowest BCUT2D eigenvalue weighted by atomic mass is 10.1. The SMILES string of the molecule is CSc1ccc(NC(=O)CN(C)C2CCCCCC2)cc1. The summed E-state index contributed by atoms with van der Waals surface area (Å²) in [6.07, 6.45) is 9.80. The van der Waals surface area contributed by atoms with Gasteiger partial charge < -0.3 is 5.32 Å². The molecular formula is C17H26N2OS. The van der Waals surface area contributed by atoms with Crippen LogP contribution >= 0.6 is 11.8 Å². The predicted molar refractivity (Wildman–Crippen MR) is 91.0 cm³/mol. The van der Waals surface area contributed by atoms with Gasteiger partial charge in [0.25, 0.3) is 0 Å². The van der Waals surface area contributed by atoms with Crippen LogP contribution in [-0.4, -0.2) is 36.7 Å². The van der Waals surface area contributed by atoms with Crippen molar-refractivity contribution in [2.45, 2.75) is 49.5 Å². The van der Waals surface area contributed by atoms with Crippen molar-refractivity contribution in [3.05, 3.63) is 24.3 Å². The molecule has 0 atom stereocenters. The molecule has 0 spiro atoms. The second kappa shape index (κ2) is 8.44. The number of anilines is 1. The fraction of sp³-hybridized carbons (Fsp3) is 0.588. The van der Waals surface area contributed by atoms with Gasteiger partial charge in [-0.15, -0.1) is 11.8 Å². The van der Waals surface area contributed by atoms with E-state index in [0.29, 0.717) is 12.6 Å². The molecule has 0 aliphatic heterocycles. The van der Waals surface area contributed by atoms with E-state index in [4.69, 9.17) is 0 Å². The Morgan fingerprint density at radius 2 is 1.81 bits per heavy atom. The molecule has 0 unspecified atom stereocenters. The number of hydrogen-bond acceptors (Lipinski definition) is 3. The highest BCUT2D eigenvalue weighted by atomic mass is 32.2. The van der Waals surface area contributed by atoms with Crippen LogP contribution in [0.2, 0.25) is 0 Å². The van der Waals surface area contributed by atoms with E-state index in [9.17, 15) is 4.79 Å². The summed E-state index contributed by atoms with van der Waals surface area (Å²) < 4.78 is 0. The Morgan fingerprint density at radius 1 is 1.19 bits per heavy atom. The predicted octanol–water partition coefficient (Wildman–Crippen LogP) is 4.00. The molecule has 1 aromatic carbocycles. The molecule has 1 aromatic rings. The molecule has 3 nitrogen and oxygen atoms in total. The van der Waals surface area contributed by atoms with Gasteiger partial charge in [-0.25, -0.2) is 0 Å². The molecule has 0 saturated heterocycles. The molecule has 1 aliphatic rings. The molecule has 116 valence electrons. The van der Waals surface area contributed by atoms with Crippen molar-refractivity contribution in [3.63, 3.8) is 0 Å². The van der Waals surface area contributed by atoms with Gasteiger partial charge in [-0.05, 0) is 50.4 Å². The van der Waals surface area contributed by atoms with E-state index in [1.807, 2.05) is 24.3 Å². The van der Waals surface area contributed by atoms with Gasteiger partial charge >= 0.3 is 0 Å². The number of carbonyl (C=O) groups excluding carboxylic acids is 1. The third-order valence-corrected chi connectivity index (χ3v) is 4.96. The fourth-order valence-electron chi connectivity index (χ4n) is 2.93. The Kier molecular flexibility index (Phi) is 6.58. The van der Waals surface area contributed by atoms with E-state index in [1.165, 1.54) is 43.4 Å². The highest BCUT2D eigenvalue weighted by molar-refractivity contribution is 7.98. The van der Waals surface area contributed by atoms with Gasteiger partial charge in [0.15, 0.2) is 0 Å². The normalized spacial score (nSPS) is 16.7. The zero-order chi connectivity index (χ0) is 15.1. The molecule has 21 heavy (non-hydrogen) atoms. The van der Waals surface area contributed by atoms with Gasteiger partial charge in [0, 0.05) is 16.6 Å². The minimum atomic E-state index is 0.0821. The number of carbonyl (C=O) groups is 1. The zero-order valence-electron chi connectivity index (χ0n) is 13.1. The maximum absolute atomic E-state index is 12.1. The first kappa shape index (κ1) is 16.4. The largest absolute Gasteiger partial charge is 0.325 e. The maximum Gasteiger partial charge on any atom is 0.238 e. The lowest BCUT2D eigenvalue weighted by Gasteiger charge is -2.26. The first-order valence-electron chi connectivity index (χ1n) is 7.83. The molecule has 1 saturated carbocycles. The standard InChI is InChI=1S/C17H26N2OS/c1-19(15-7-5-3-4-6-8-15)13-17(20)18-14-9-11-16(21-2)12-10-14/h9-12,15H,3-8,13H2,1-2H3,(H,18,20). The highest BCUT2D eigenvalue weighted by Gasteiger charge is 2.18. The molecular weight excluding hydrogens is 280 g/mol. The van der Waals surface area contributed by atoms with E-state index < -0.39 is 0 Å². The van der Waals surface area contributed by atoms with Crippen LogP contribution in [0.3, 0.4) is 0 Å². The molecule has 0 aromatic heterocycles. The van der Waals surface area contributed by atoms with Crippen LogP contribution in [0.1, 0.15) is 38.5 Å². The summed E-state index contributed by atoms with van der Waals surface area (Å²) in [6.45, 7) is 0.481. The first-order chi connectivity index (χ1) is 10.2. The lowest BCUT2D eigenvalue weighted by molar-refractivity contribution is -0.117. The Balaban J connectivity index is 1.82. The van der Waals surface area contributed by atoms with E-state index in [-0.39, 0.29) is 5.91 Å². The summed E-state index contributed by atoms with van der Waals surface area (Å²) in [6, 6.07) is 8.58. The molecule has 1 aliphatic carbocycles. The fourth-order valence-corrected chi connectivity index (χ4v) is 3.34. The summed E-state index contributed by atoms with van der Waals surface area (Å²) in [5.41, 5.74) is 0.882. The Hall–Kier alpha value is -1.00. The van der Waals surface area contributed by atoms with Crippen LogP contribution in [0.4, 0.5) is 5.69 Å². The number of nitrogens with zero attached hydrogens (tertiary/aromatic N) is 1. The molecule has 0 radical (unpaired) electrons. The topological polar surface area (TPSA) is 32.3 Å². The summed E-state index contributed by atoms with van der Waals surface area (Å²) in [5, 5.41) is 2.99. The number of likely N-dealkylation sites (N-methyl/N-ethyl adjacent to an activating group) is 1. The van der Waals surface area contributed by atoms with Crippen LogP contribution in [0.5, 0.6) is 0 Å². The van der Waals surface area contributed by atoms with Gasteiger partial charge in [-0.1, -0.05) is 25.7 Å². The minimum Gasteiger partial charge on any atom is -0.325 e. The van der Waals surface area contributed by atoms with Gasteiger partial charge in [0.05, 0.1) is 6.54 Å². The Morgan fingerprint density at radius 3 is 2.38 bits per heavy atom. The summed E-state index contributed by atoms with van der Waals surface area (Å²) in [4.78, 5) is 15.6. The van der Waals surface area contributed by atoms with Gasteiger partial charge in [0.2, 0.25) is 5.91 Å². The summed E-state index contributed by atoms with van der Waals surface area (Å²) >= 11 is 1.71. The van der Waals surface area contributed by atoms with E-state index in [1.54, 1.807) is 11.8 Å². The van der Waals surface area contributed by atoms with Crippen molar-refractivity contribution < 1.29 is 4.79 Å². The monoisotopic (exact) mass is 306 g/mol. The zero-order valence-corrected chi connectivity index (χ0v) is 13.9. The van der Waals surface area contributed by atoms with Gasteiger partial charge in [0.1, 0.15) is 0 Å². The molecule has 2 rings (SSSR count). The smallest absolute Gasteiger partial charge is 0.238 e. The average Bonchev–Trinajstić information content (AvgIpc) is 2.77. The summed E-state index contributed by atoms with van der Waals surface area (Å²) in [5.74, 6) is 0.0821.